The van der Waals surface area contributed by atoms with Crippen LogP contribution in [0.1, 0.15) is 36.5 Å². The number of ketones is 2. The minimum atomic E-state index is -0.922. The maximum Gasteiger partial charge on any atom is 0.173 e. The molecule has 1 aromatic carbocycles. The van der Waals surface area contributed by atoms with Crippen LogP contribution in [0, 0.1) is 11.6 Å². The summed E-state index contributed by atoms with van der Waals surface area (Å²) in [7, 11) is 0. The topological polar surface area (TPSA) is 34.1 Å². The molecule has 0 atom stereocenters. The van der Waals surface area contributed by atoms with Gasteiger partial charge in [0.1, 0.15) is 17.4 Å². The summed E-state index contributed by atoms with van der Waals surface area (Å²) in [5.74, 6) is -2.49. The zero-order valence-electron chi connectivity index (χ0n) is 8.93. The molecule has 0 aliphatic heterocycles. The quantitative estimate of drug-likeness (QED) is 0.571. The van der Waals surface area contributed by atoms with Crippen molar-refractivity contribution in [1.82, 2.24) is 0 Å². The van der Waals surface area contributed by atoms with Crippen LogP contribution in [0.25, 0.3) is 0 Å². The molecule has 0 amide bonds. The van der Waals surface area contributed by atoms with Crippen LogP contribution in [0.5, 0.6) is 0 Å². The average Bonchev–Trinajstić information content (AvgIpc) is 2.17. The highest BCUT2D eigenvalue weighted by Crippen LogP contribution is 2.12. The number of Topliss-reactive ketones (excluding diaryl/α,β-unsaturated/α-hetero) is 2. The number of benzene rings is 1. The molecule has 4 heteroatoms. The molecule has 0 radical (unpaired) electrons. The third-order valence-corrected chi connectivity index (χ3v) is 2.12. The highest BCUT2D eigenvalue weighted by atomic mass is 19.1. The summed E-state index contributed by atoms with van der Waals surface area (Å²) in [6, 6.07) is 2.70. The van der Waals surface area contributed by atoms with E-state index in [9.17, 15) is 18.4 Å². The smallest absolute Gasteiger partial charge is 0.173 e. The van der Waals surface area contributed by atoms with Gasteiger partial charge >= 0.3 is 0 Å². The first-order chi connectivity index (χ1) is 7.54. The van der Waals surface area contributed by atoms with Crippen molar-refractivity contribution in [3.05, 3.63) is 35.4 Å². The minimum absolute atomic E-state index is 0.226. The second kappa shape index (κ2) is 5.49. The molecule has 0 N–H and O–H groups in total. The molecule has 0 saturated heterocycles. The number of rotatable bonds is 5. The van der Waals surface area contributed by atoms with Crippen LogP contribution in [0.15, 0.2) is 18.2 Å². The first-order valence-corrected chi connectivity index (χ1v) is 5.04. The molecular weight excluding hydrogens is 214 g/mol. The highest BCUT2D eigenvalue weighted by Gasteiger charge is 2.15. The molecule has 0 aliphatic rings. The van der Waals surface area contributed by atoms with Crippen LogP contribution in [0.4, 0.5) is 8.78 Å². The molecule has 0 saturated carbocycles. The second-order valence-electron chi connectivity index (χ2n) is 3.51. The van der Waals surface area contributed by atoms with Crippen molar-refractivity contribution in [3.63, 3.8) is 0 Å². The van der Waals surface area contributed by atoms with Crippen LogP contribution >= 0.6 is 0 Å². The van der Waals surface area contributed by atoms with Crippen molar-refractivity contribution in [3.8, 4) is 0 Å². The van der Waals surface area contributed by atoms with Gasteiger partial charge in [0.05, 0.1) is 12.0 Å². The number of carbonyl (C=O) groups excluding carboxylic acids is 2. The summed E-state index contributed by atoms with van der Waals surface area (Å²) in [6.45, 7) is 1.82. The Morgan fingerprint density at radius 3 is 2.50 bits per heavy atom. The lowest BCUT2D eigenvalue weighted by molar-refractivity contribution is -0.118. The van der Waals surface area contributed by atoms with Crippen LogP contribution < -0.4 is 0 Å². The van der Waals surface area contributed by atoms with E-state index in [1.165, 1.54) is 0 Å². The van der Waals surface area contributed by atoms with Crippen molar-refractivity contribution in [2.24, 2.45) is 0 Å². The molecule has 0 unspecified atom stereocenters. The summed E-state index contributed by atoms with van der Waals surface area (Å²) in [6.07, 6.45) is 0.628. The van der Waals surface area contributed by atoms with E-state index >= 15 is 0 Å². The van der Waals surface area contributed by atoms with Crippen LogP contribution in [0.3, 0.4) is 0 Å². The molecule has 86 valence electrons. The standard InChI is InChI=1S/C12H12F2O2/c1-2-3-9(15)7-12(16)10-5-4-8(13)6-11(10)14/h4-6H,2-3,7H2,1H3. The summed E-state index contributed by atoms with van der Waals surface area (Å²) in [4.78, 5) is 22.7. The van der Waals surface area contributed by atoms with Gasteiger partial charge in [0.2, 0.25) is 0 Å². The van der Waals surface area contributed by atoms with Crippen LogP contribution in [0.2, 0.25) is 0 Å². The second-order valence-corrected chi connectivity index (χ2v) is 3.51. The normalized spacial score (nSPS) is 10.2. The lowest BCUT2D eigenvalue weighted by Crippen LogP contribution is -2.09. The van der Waals surface area contributed by atoms with Crippen molar-refractivity contribution >= 4 is 11.6 Å². The molecule has 2 nitrogen and oxygen atoms in total. The van der Waals surface area contributed by atoms with Gasteiger partial charge in [-0.15, -0.1) is 0 Å². The number of halogens is 2. The number of hydrogen-bond donors (Lipinski definition) is 0. The van der Waals surface area contributed by atoms with Crippen molar-refractivity contribution in [1.29, 1.82) is 0 Å². The molecule has 0 fully saturated rings. The Hall–Kier alpha value is -1.58. The molecule has 0 bridgehead atoms. The SMILES string of the molecule is CCCC(=O)CC(=O)c1ccc(F)cc1F. The van der Waals surface area contributed by atoms with Crippen molar-refractivity contribution in [2.45, 2.75) is 26.2 Å². The number of hydrogen-bond acceptors (Lipinski definition) is 2. The third kappa shape index (κ3) is 3.22. The molecule has 1 rings (SSSR count). The van der Waals surface area contributed by atoms with Crippen LogP contribution in [-0.4, -0.2) is 11.6 Å². The maximum atomic E-state index is 13.2. The predicted octanol–water partition coefficient (Wildman–Crippen LogP) is 2.91. The molecular formula is C12H12F2O2. The van der Waals surface area contributed by atoms with Gasteiger partial charge in [-0.05, 0) is 18.6 Å². The van der Waals surface area contributed by atoms with Crippen LogP contribution in [-0.2, 0) is 4.79 Å². The van der Waals surface area contributed by atoms with E-state index in [1.54, 1.807) is 0 Å². The van der Waals surface area contributed by atoms with Gasteiger partial charge in [-0.2, -0.15) is 0 Å². The van der Waals surface area contributed by atoms with Crippen molar-refractivity contribution < 1.29 is 18.4 Å². The third-order valence-electron chi connectivity index (χ3n) is 2.12. The fraction of sp³-hybridized carbons (Fsp3) is 0.333. The van der Waals surface area contributed by atoms with Gasteiger partial charge in [0.25, 0.3) is 0 Å². The molecule has 0 spiro atoms. The predicted molar refractivity (Wildman–Crippen MR) is 55.2 cm³/mol. The van der Waals surface area contributed by atoms with Gasteiger partial charge < -0.3 is 0 Å². The van der Waals surface area contributed by atoms with Gasteiger partial charge in [-0.1, -0.05) is 6.92 Å². The fourth-order valence-corrected chi connectivity index (χ4v) is 1.36. The molecule has 1 aromatic rings. The zero-order chi connectivity index (χ0) is 12.1. The highest BCUT2D eigenvalue weighted by molar-refractivity contribution is 6.08. The van der Waals surface area contributed by atoms with Gasteiger partial charge in [0, 0.05) is 12.5 Å². The van der Waals surface area contributed by atoms with E-state index in [4.69, 9.17) is 0 Å². The summed E-state index contributed by atoms with van der Waals surface area (Å²) in [5, 5.41) is 0. The lowest BCUT2D eigenvalue weighted by Gasteiger charge is -2.01. The van der Waals surface area contributed by atoms with Gasteiger partial charge in [0.15, 0.2) is 5.78 Å². The van der Waals surface area contributed by atoms with Crippen molar-refractivity contribution in [2.75, 3.05) is 0 Å². The Morgan fingerprint density at radius 1 is 1.25 bits per heavy atom. The molecule has 0 aromatic heterocycles. The summed E-state index contributed by atoms with van der Waals surface area (Å²) < 4.78 is 25.7. The first kappa shape index (κ1) is 12.5. The van der Waals surface area contributed by atoms with E-state index in [-0.39, 0.29) is 17.8 Å². The Labute approximate surface area is 92.3 Å². The lowest BCUT2D eigenvalue weighted by atomic mass is 10.0. The molecule has 0 heterocycles. The van der Waals surface area contributed by atoms with E-state index in [0.717, 1.165) is 12.1 Å². The van der Waals surface area contributed by atoms with E-state index in [2.05, 4.69) is 0 Å². The Kier molecular flexibility index (Phi) is 4.28. The van der Waals surface area contributed by atoms with Gasteiger partial charge in [-0.3, -0.25) is 9.59 Å². The zero-order valence-corrected chi connectivity index (χ0v) is 8.93. The minimum Gasteiger partial charge on any atom is -0.299 e. The first-order valence-electron chi connectivity index (χ1n) is 5.04. The fourth-order valence-electron chi connectivity index (χ4n) is 1.36. The van der Waals surface area contributed by atoms with E-state index < -0.39 is 17.4 Å². The van der Waals surface area contributed by atoms with E-state index in [1.807, 2.05) is 6.92 Å². The molecule has 16 heavy (non-hydrogen) atoms. The Bertz CT molecular complexity index is 413. The van der Waals surface area contributed by atoms with Gasteiger partial charge in [-0.25, -0.2) is 8.78 Å². The largest absolute Gasteiger partial charge is 0.299 e. The molecule has 0 aliphatic carbocycles. The number of carbonyl (C=O) groups is 2. The maximum absolute atomic E-state index is 13.2. The summed E-state index contributed by atoms with van der Waals surface area (Å²) >= 11 is 0. The Balaban J connectivity index is 2.77. The summed E-state index contributed by atoms with van der Waals surface area (Å²) in [5.41, 5.74) is -0.231. The average molecular weight is 226 g/mol. The monoisotopic (exact) mass is 226 g/mol. The Morgan fingerprint density at radius 2 is 1.94 bits per heavy atom. The van der Waals surface area contributed by atoms with E-state index in [0.29, 0.717) is 18.9 Å².